The lowest BCUT2D eigenvalue weighted by molar-refractivity contribution is 0.0933. The van der Waals surface area contributed by atoms with Gasteiger partial charge in [-0.05, 0) is 31.6 Å². The van der Waals surface area contributed by atoms with Crippen LogP contribution in [0.5, 0.6) is 0 Å². The maximum Gasteiger partial charge on any atom is 0.264 e. The number of carbonyl (C=O) groups is 1. The molecule has 1 fully saturated rings. The SMILES string of the molecule is Cc1c(C(=O)NC2CCSC(C)C2)cnn1-c1ccc(=O)[nH]n1. The van der Waals surface area contributed by atoms with Gasteiger partial charge in [0.05, 0.1) is 17.5 Å². The molecule has 1 aliphatic rings. The normalized spacial score (nSPS) is 21.1. The predicted molar refractivity (Wildman–Crippen MR) is 89.1 cm³/mol. The van der Waals surface area contributed by atoms with Crippen molar-refractivity contribution in [2.75, 3.05) is 5.75 Å². The van der Waals surface area contributed by atoms with E-state index in [0.29, 0.717) is 22.3 Å². The number of aromatic amines is 1. The summed E-state index contributed by atoms with van der Waals surface area (Å²) in [7, 11) is 0. The first-order valence-electron chi connectivity index (χ1n) is 7.58. The largest absolute Gasteiger partial charge is 0.349 e. The van der Waals surface area contributed by atoms with Crippen LogP contribution < -0.4 is 10.9 Å². The Balaban J connectivity index is 1.77. The smallest absolute Gasteiger partial charge is 0.264 e. The number of hydrogen-bond donors (Lipinski definition) is 2. The Hall–Kier alpha value is -2.09. The summed E-state index contributed by atoms with van der Waals surface area (Å²) in [4.78, 5) is 23.6. The molecule has 8 heteroatoms. The van der Waals surface area contributed by atoms with Gasteiger partial charge in [0, 0.05) is 17.4 Å². The highest BCUT2D eigenvalue weighted by Gasteiger charge is 2.23. The Morgan fingerprint density at radius 2 is 2.30 bits per heavy atom. The molecule has 3 rings (SSSR count). The van der Waals surface area contributed by atoms with Gasteiger partial charge in [-0.3, -0.25) is 9.59 Å². The van der Waals surface area contributed by atoms with Crippen molar-refractivity contribution >= 4 is 17.7 Å². The molecule has 2 aromatic heterocycles. The summed E-state index contributed by atoms with van der Waals surface area (Å²) in [5, 5.41) is 14.2. The van der Waals surface area contributed by atoms with Crippen molar-refractivity contribution in [2.45, 2.75) is 38.0 Å². The zero-order valence-electron chi connectivity index (χ0n) is 13.1. The highest BCUT2D eigenvalue weighted by Crippen LogP contribution is 2.25. The van der Waals surface area contributed by atoms with Crippen LogP contribution in [0.3, 0.4) is 0 Å². The molecule has 0 spiro atoms. The number of aromatic nitrogens is 4. The van der Waals surface area contributed by atoms with Gasteiger partial charge >= 0.3 is 0 Å². The average Bonchev–Trinajstić information content (AvgIpc) is 2.90. The maximum absolute atomic E-state index is 12.5. The summed E-state index contributed by atoms with van der Waals surface area (Å²) in [6, 6.07) is 3.16. The summed E-state index contributed by atoms with van der Waals surface area (Å²) in [5.41, 5.74) is 0.949. The minimum absolute atomic E-state index is 0.109. The van der Waals surface area contributed by atoms with Gasteiger partial charge in [-0.1, -0.05) is 6.92 Å². The Bertz CT molecular complexity index is 749. The molecule has 0 saturated carbocycles. The molecular formula is C15H19N5O2S. The monoisotopic (exact) mass is 333 g/mol. The third kappa shape index (κ3) is 3.47. The Morgan fingerprint density at radius 1 is 1.48 bits per heavy atom. The van der Waals surface area contributed by atoms with E-state index in [1.165, 1.54) is 6.07 Å². The number of H-pyrrole nitrogens is 1. The van der Waals surface area contributed by atoms with Crippen molar-refractivity contribution in [3.8, 4) is 5.82 Å². The van der Waals surface area contributed by atoms with E-state index in [1.54, 1.807) is 16.9 Å². The molecule has 2 aromatic rings. The fraction of sp³-hybridized carbons (Fsp3) is 0.467. The highest BCUT2D eigenvalue weighted by atomic mass is 32.2. The number of nitrogens with one attached hydrogen (secondary N) is 2. The van der Waals surface area contributed by atoms with E-state index in [2.05, 4.69) is 27.5 Å². The molecule has 2 N–H and O–H groups in total. The van der Waals surface area contributed by atoms with Crippen LogP contribution >= 0.6 is 11.8 Å². The second-order valence-corrected chi connectivity index (χ2v) is 7.26. The first kappa shape index (κ1) is 15.8. The van der Waals surface area contributed by atoms with Gasteiger partial charge in [0.1, 0.15) is 0 Å². The van der Waals surface area contributed by atoms with E-state index in [1.807, 2.05) is 18.7 Å². The molecular weight excluding hydrogens is 314 g/mol. The summed E-state index contributed by atoms with van der Waals surface area (Å²) in [6.07, 6.45) is 3.53. The molecule has 0 radical (unpaired) electrons. The van der Waals surface area contributed by atoms with Gasteiger partial charge in [-0.2, -0.15) is 22.0 Å². The minimum atomic E-state index is -0.277. The number of nitrogens with zero attached hydrogens (tertiary/aromatic N) is 3. The molecule has 0 aliphatic carbocycles. The standard InChI is InChI=1S/C15H19N5O2S/c1-9-7-11(5-6-23-9)17-15(22)12-8-16-20(10(12)2)13-3-4-14(21)19-18-13/h3-4,8-9,11H,5-7H2,1-2H3,(H,17,22)(H,19,21). The molecule has 0 bridgehead atoms. The van der Waals surface area contributed by atoms with Crippen molar-refractivity contribution in [1.82, 2.24) is 25.3 Å². The molecule has 1 aliphatic heterocycles. The summed E-state index contributed by atoms with van der Waals surface area (Å²) >= 11 is 1.95. The predicted octanol–water partition coefficient (Wildman–Crippen LogP) is 1.28. The first-order chi connectivity index (χ1) is 11.0. The van der Waals surface area contributed by atoms with Gasteiger partial charge in [-0.15, -0.1) is 0 Å². The maximum atomic E-state index is 12.5. The Morgan fingerprint density at radius 3 is 3.00 bits per heavy atom. The topological polar surface area (TPSA) is 92.7 Å². The molecule has 2 unspecified atom stereocenters. The van der Waals surface area contributed by atoms with Crippen molar-refractivity contribution in [3.05, 3.63) is 39.9 Å². The van der Waals surface area contributed by atoms with E-state index in [-0.39, 0.29) is 17.5 Å². The van der Waals surface area contributed by atoms with Crippen molar-refractivity contribution in [2.24, 2.45) is 0 Å². The van der Waals surface area contributed by atoms with E-state index in [4.69, 9.17) is 0 Å². The van der Waals surface area contributed by atoms with E-state index in [9.17, 15) is 9.59 Å². The van der Waals surface area contributed by atoms with E-state index in [0.717, 1.165) is 18.6 Å². The summed E-state index contributed by atoms with van der Waals surface area (Å²) in [5.74, 6) is 1.44. The zero-order chi connectivity index (χ0) is 16.4. The molecule has 1 saturated heterocycles. The zero-order valence-corrected chi connectivity index (χ0v) is 13.9. The number of amides is 1. The van der Waals surface area contributed by atoms with Crippen molar-refractivity contribution < 1.29 is 4.79 Å². The molecule has 122 valence electrons. The lowest BCUT2D eigenvalue weighted by atomic mass is 10.1. The van der Waals surface area contributed by atoms with Gasteiger partial charge < -0.3 is 5.32 Å². The van der Waals surface area contributed by atoms with Crippen molar-refractivity contribution in [1.29, 1.82) is 0 Å². The van der Waals surface area contributed by atoms with Crippen LogP contribution in [0.25, 0.3) is 5.82 Å². The molecule has 3 heterocycles. The van der Waals surface area contributed by atoms with E-state index >= 15 is 0 Å². The van der Waals surface area contributed by atoms with Crippen LogP contribution in [-0.4, -0.2) is 42.9 Å². The third-order valence-electron chi connectivity index (χ3n) is 3.96. The lowest BCUT2D eigenvalue weighted by Crippen LogP contribution is -2.39. The fourth-order valence-electron chi connectivity index (χ4n) is 2.71. The van der Waals surface area contributed by atoms with Crippen LogP contribution in [-0.2, 0) is 0 Å². The molecule has 2 atom stereocenters. The number of thioether (sulfide) groups is 1. The fourth-order valence-corrected chi connectivity index (χ4v) is 3.90. The van der Waals surface area contributed by atoms with Crippen molar-refractivity contribution in [3.63, 3.8) is 0 Å². The quantitative estimate of drug-likeness (QED) is 0.882. The summed E-state index contributed by atoms with van der Waals surface area (Å²) < 4.78 is 1.55. The van der Waals surface area contributed by atoms with E-state index < -0.39 is 0 Å². The third-order valence-corrected chi connectivity index (χ3v) is 5.19. The van der Waals surface area contributed by atoms with Gasteiger partial charge in [0.15, 0.2) is 5.82 Å². The number of rotatable bonds is 3. The van der Waals surface area contributed by atoms with Gasteiger partial charge in [0.25, 0.3) is 11.5 Å². The number of carbonyl (C=O) groups excluding carboxylic acids is 1. The molecule has 7 nitrogen and oxygen atoms in total. The van der Waals surface area contributed by atoms with Gasteiger partial charge in [0.2, 0.25) is 0 Å². The Kier molecular flexibility index (Phi) is 4.51. The molecule has 1 amide bonds. The first-order valence-corrected chi connectivity index (χ1v) is 8.62. The van der Waals surface area contributed by atoms with Crippen LogP contribution in [0.4, 0.5) is 0 Å². The minimum Gasteiger partial charge on any atom is -0.349 e. The lowest BCUT2D eigenvalue weighted by Gasteiger charge is -2.27. The molecule has 0 aromatic carbocycles. The second-order valence-electron chi connectivity index (χ2n) is 5.71. The van der Waals surface area contributed by atoms with Crippen LogP contribution in [0.15, 0.2) is 23.1 Å². The second kappa shape index (κ2) is 6.57. The van der Waals surface area contributed by atoms with Crippen LogP contribution in [0.1, 0.15) is 35.8 Å². The molecule has 23 heavy (non-hydrogen) atoms. The number of hydrogen-bond acceptors (Lipinski definition) is 5. The van der Waals surface area contributed by atoms with Crippen LogP contribution in [0, 0.1) is 6.92 Å². The Labute approximate surface area is 137 Å². The van der Waals surface area contributed by atoms with Gasteiger partial charge in [-0.25, -0.2) is 9.78 Å². The van der Waals surface area contributed by atoms with Crippen LogP contribution in [0.2, 0.25) is 0 Å². The summed E-state index contributed by atoms with van der Waals surface area (Å²) in [6.45, 7) is 4.00. The average molecular weight is 333 g/mol. The highest BCUT2D eigenvalue weighted by molar-refractivity contribution is 7.99.